The largest absolute Gasteiger partial charge is 0.353 e. The summed E-state index contributed by atoms with van der Waals surface area (Å²) in [4.78, 5) is 12.7. The number of amides is 1. The van der Waals surface area contributed by atoms with Crippen LogP contribution in [-0.2, 0) is 27.8 Å². The number of carbonyl (C=O) groups excluding carboxylic acids is 1. The van der Waals surface area contributed by atoms with Crippen LogP contribution in [0.3, 0.4) is 0 Å². The quantitative estimate of drug-likeness (QED) is 0.387. The lowest BCUT2D eigenvalue weighted by Crippen LogP contribution is -2.41. The summed E-state index contributed by atoms with van der Waals surface area (Å²) in [6, 6.07) is 24.4. The van der Waals surface area contributed by atoms with E-state index in [1.165, 1.54) is 5.56 Å². The van der Waals surface area contributed by atoms with E-state index in [1.807, 2.05) is 61.5 Å². The summed E-state index contributed by atoms with van der Waals surface area (Å²) >= 11 is 6.29. The van der Waals surface area contributed by atoms with E-state index >= 15 is 0 Å². The topological polar surface area (TPSA) is 66.5 Å². The van der Waals surface area contributed by atoms with Gasteiger partial charge in [0.25, 0.3) is 0 Å². The standard InChI is InChI=1S/C29H33ClN2O3S/c1-22-11-13-23(14-12-22)19-29(33)31-26-17-15-25(16-18-26)21-32(20-24-7-3-2-4-8-24)36(34,35)28-10-6-5-9-27(28)30/h2-14,25-26H,15-21H2,1H3,(H,31,33). The van der Waals surface area contributed by atoms with Crippen LogP contribution >= 0.6 is 11.6 Å². The Morgan fingerprint density at radius 1 is 0.889 bits per heavy atom. The number of halogens is 1. The predicted molar refractivity (Wildman–Crippen MR) is 144 cm³/mol. The van der Waals surface area contributed by atoms with E-state index in [1.54, 1.807) is 28.6 Å². The highest BCUT2D eigenvalue weighted by Crippen LogP contribution is 2.30. The zero-order valence-electron chi connectivity index (χ0n) is 20.6. The van der Waals surface area contributed by atoms with Crippen molar-refractivity contribution in [3.63, 3.8) is 0 Å². The van der Waals surface area contributed by atoms with Crippen molar-refractivity contribution < 1.29 is 13.2 Å². The monoisotopic (exact) mass is 524 g/mol. The van der Waals surface area contributed by atoms with Gasteiger partial charge in [0.1, 0.15) is 4.90 Å². The maximum absolute atomic E-state index is 13.6. The fourth-order valence-corrected chi connectivity index (χ4v) is 6.77. The van der Waals surface area contributed by atoms with E-state index in [9.17, 15) is 13.2 Å². The Morgan fingerprint density at radius 3 is 2.19 bits per heavy atom. The van der Waals surface area contributed by atoms with Gasteiger partial charge < -0.3 is 5.32 Å². The van der Waals surface area contributed by atoms with Gasteiger partial charge in [-0.15, -0.1) is 0 Å². The molecular weight excluding hydrogens is 492 g/mol. The van der Waals surface area contributed by atoms with Gasteiger partial charge in [-0.25, -0.2) is 8.42 Å². The number of hydrogen-bond acceptors (Lipinski definition) is 3. The Balaban J connectivity index is 1.38. The van der Waals surface area contributed by atoms with Crippen molar-refractivity contribution in [2.45, 2.75) is 56.5 Å². The molecule has 0 bridgehead atoms. The molecule has 1 aliphatic rings. The first-order valence-electron chi connectivity index (χ1n) is 12.4. The molecule has 0 spiro atoms. The number of nitrogens with zero attached hydrogens (tertiary/aromatic N) is 1. The highest BCUT2D eigenvalue weighted by molar-refractivity contribution is 7.89. The lowest BCUT2D eigenvalue weighted by atomic mass is 9.86. The Kier molecular flexibility index (Phi) is 8.83. The number of sulfonamides is 1. The Hall–Kier alpha value is -2.67. The molecule has 0 saturated heterocycles. The van der Waals surface area contributed by atoms with Crippen LogP contribution in [-0.4, -0.2) is 31.2 Å². The van der Waals surface area contributed by atoms with Crippen molar-refractivity contribution in [3.05, 3.63) is 101 Å². The van der Waals surface area contributed by atoms with Gasteiger partial charge in [-0.2, -0.15) is 4.31 Å². The average molecular weight is 525 g/mol. The number of rotatable bonds is 9. The van der Waals surface area contributed by atoms with Crippen molar-refractivity contribution in [2.75, 3.05) is 6.54 Å². The minimum atomic E-state index is -3.77. The number of nitrogens with one attached hydrogen (secondary N) is 1. The fraction of sp³-hybridized carbons (Fsp3) is 0.345. The highest BCUT2D eigenvalue weighted by atomic mass is 35.5. The molecule has 0 unspecified atom stereocenters. The van der Waals surface area contributed by atoms with Gasteiger partial charge in [0.05, 0.1) is 11.4 Å². The van der Waals surface area contributed by atoms with Crippen LogP contribution in [0.1, 0.15) is 42.4 Å². The van der Waals surface area contributed by atoms with E-state index in [2.05, 4.69) is 5.32 Å². The second kappa shape index (κ2) is 12.0. The molecule has 1 saturated carbocycles. The summed E-state index contributed by atoms with van der Waals surface area (Å²) in [7, 11) is -3.77. The summed E-state index contributed by atoms with van der Waals surface area (Å²) in [5.41, 5.74) is 3.12. The van der Waals surface area contributed by atoms with E-state index in [-0.39, 0.29) is 27.8 Å². The van der Waals surface area contributed by atoms with E-state index in [4.69, 9.17) is 11.6 Å². The van der Waals surface area contributed by atoms with E-state index < -0.39 is 10.0 Å². The molecule has 7 heteroatoms. The zero-order chi connectivity index (χ0) is 25.5. The SMILES string of the molecule is Cc1ccc(CC(=O)NC2CCC(CN(Cc3ccccc3)S(=O)(=O)c3ccccc3Cl)CC2)cc1. The third-order valence-electron chi connectivity index (χ3n) is 6.82. The lowest BCUT2D eigenvalue weighted by Gasteiger charge is -2.33. The summed E-state index contributed by atoms with van der Waals surface area (Å²) in [6.07, 6.45) is 3.78. The minimum absolute atomic E-state index is 0.0364. The van der Waals surface area contributed by atoms with Crippen LogP contribution in [0.15, 0.2) is 83.8 Å². The van der Waals surface area contributed by atoms with Gasteiger partial charge in [-0.3, -0.25) is 4.79 Å². The van der Waals surface area contributed by atoms with Gasteiger partial charge in [-0.05, 0) is 61.8 Å². The number of hydrogen-bond donors (Lipinski definition) is 1. The van der Waals surface area contributed by atoms with Crippen LogP contribution in [0.4, 0.5) is 0 Å². The van der Waals surface area contributed by atoms with Crippen LogP contribution < -0.4 is 5.32 Å². The van der Waals surface area contributed by atoms with Gasteiger partial charge in [0, 0.05) is 19.1 Å². The van der Waals surface area contributed by atoms with Crippen molar-refractivity contribution in [3.8, 4) is 0 Å². The van der Waals surface area contributed by atoms with Gasteiger partial charge in [-0.1, -0.05) is 83.9 Å². The van der Waals surface area contributed by atoms with Crippen molar-refractivity contribution in [1.29, 1.82) is 0 Å². The molecule has 190 valence electrons. The molecule has 3 aromatic rings. The normalized spacial score (nSPS) is 18.2. The molecule has 1 fully saturated rings. The molecule has 3 aromatic carbocycles. The first-order valence-corrected chi connectivity index (χ1v) is 14.3. The molecule has 1 N–H and O–H groups in total. The molecule has 0 aliphatic heterocycles. The molecule has 0 radical (unpaired) electrons. The molecule has 36 heavy (non-hydrogen) atoms. The van der Waals surface area contributed by atoms with Crippen molar-refractivity contribution in [1.82, 2.24) is 9.62 Å². The summed E-state index contributed by atoms with van der Waals surface area (Å²) in [5.74, 6) is 0.255. The molecule has 4 rings (SSSR count). The van der Waals surface area contributed by atoms with Gasteiger partial charge in [0.2, 0.25) is 15.9 Å². The van der Waals surface area contributed by atoms with Crippen LogP contribution in [0.25, 0.3) is 0 Å². The molecular formula is C29H33ClN2O3S. The Morgan fingerprint density at radius 2 is 1.53 bits per heavy atom. The number of benzene rings is 3. The Bertz CT molecular complexity index is 1260. The Labute approximate surface area is 219 Å². The summed E-state index contributed by atoms with van der Waals surface area (Å²) in [6.45, 7) is 2.75. The molecule has 5 nitrogen and oxygen atoms in total. The molecule has 0 heterocycles. The smallest absolute Gasteiger partial charge is 0.244 e. The first kappa shape index (κ1) is 26.4. The van der Waals surface area contributed by atoms with Gasteiger partial charge >= 0.3 is 0 Å². The maximum atomic E-state index is 13.6. The summed E-state index contributed by atoms with van der Waals surface area (Å²) in [5, 5.41) is 3.40. The van der Waals surface area contributed by atoms with Crippen LogP contribution in [0, 0.1) is 12.8 Å². The van der Waals surface area contributed by atoms with Crippen molar-refractivity contribution in [2.24, 2.45) is 5.92 Å². The first-order chi connectivity index (χ1) is 17.3. The van der Waals surface area contributed by atoms with Crippen LogP contribution in [0.5, 0.6) is 0 Å². The average Bonchev–Trinajstić information content (AvgIpc) is 2.87. The second-order valence-electron chi connectivity index (χ2n) is 9.66. The molecule has 0 atom stereocenters. The van der Waals surface area contributed by atoms with Crippen molar-refractivity contribution >= 4 is 27.5 Å². The van der Waals surface area contributed by atoms with E-state index in [0.29, 0.717) is 19.5 Å². The number of carbonyl (C=O) groups is 1. The van der Waals surface area contributed by atoms with Gasteiger partial charge in [0.15, 0.2) is 0 Å². The molecule has 0 aromatic heterocycles. The zero-order valence-corrected chi connectivity index (χ0v) is 22.1. The summed E-state index contributed by atoms with van der Waals surface area (Å²) < 4.78 is 28.8. The lowest BCUT2D eigenvalue weighted by molar-refractivity contribution is -0.121. The predicted octanol–water partition coefficient (Wildman–Crippen LogP) is 5.76. The van der Waals surface area contributed by atoms with Crippen LogP contribution in [0.2, 0.25) is 5.02 Å². The third-order valence-corrected chi connectivity index (χ3v) is 9.13. The third kappa shape index (κ3) is 6.96. The fourth-order valence-electron chi connectivity index (χ4n) is 4.78. The molecule has 1 amide bonds. The van der Waals surface area contributed by atoms with E-state index in [0.717, 1.165) is 36.8 Å². The maximum Gasteiger partial charge on any atom is 0.244 e. The number of aryl methyl sites for hydroxylation is 1. The highest BCUT2D eigenvalue weighted by Gasteiger charge is 2.31. The minimum Gasteiger partial charge on any atom is -0.353 e. The molecule has 1 aliphatic carbocycles. The second-order valence-corrected chi connectivity index (χ2v) is 12.0.